The molecule has 0 fully saturated rings. The number of carbonyl (C=O) groups excluding carboxylic acids is 1. The Labute approximate surface area is 184 Å². The third-order valence-electron chi connectivity index (χ3n) is 4.57. The van der Waals surface area contributed by atoms with E-state index in [1.165, 1.54) is 0 Å². The summed E-state index contributed by atoms with van der Waals surface area (Å²) in [6, 6.07) is 21.2. The van der Waals surface area contributed by atoms with Gasteiger partial charge in [0.2, 0.25) is 5.91 Å². The van der Waals surface area contributed by atoms with Crippen LogP contribution in [-0.4, -0.2) is 15.9 Å². The summed E-state index contributed by atoms with van der Waals surface area (Å²) in [5.41, 5.74) is 3.80. The van der Waals surface area contributed by atoms with Gasteiger partial charge in [-0.3, -0.25) is 4.79 Å². The second kappa shape index (κ2) is 9.20. The van der Waals surface area contributed by atoms with Crippen LogP contribution in [0.4, 0.5) is 5.82 Å². The minimum Gasteiger partial charge on any atom is -0.310 e. The molecule has 2 aromatic carbocycles. The quantitative estimate of drug-likeness (QED) is 0.390. The van der Waals surface area contributed by atoms with Gasteiger partial charge in [0, 0.05) is 16.8 Å². The molecule has 30 heavy (non-hydrogen) atoms. The van der Waals surface area contributed by atoms with Crippen LogP contribution in [0.15, 0.2) is 72.9 Å². The first-order chi connectivity index (χ1) is 14.6. The van der Waals surface area contributed by atoms with Gasteiger partial charge in [0.25, 0.3) is 0 Å². The zero-order valence-corrected chi connectivity index (χ0v) is 18.0. The molecule has 1 amide bonds. The largest absolute Gasteiger partial charge is 0.310 e. The normalized spacial score (nSPS) is 10.7. The first-order valence-corrected chi connectivity index (χ1v) is 10.9. The van der Waals surface area contributed by atoms with Crippen molar-refractivity contribution < 1.29 is 4.79 Å². The van der Waals surface area contributed by atoms with Crippen LogP contribution in [0.3, 0.4) is 0 Å². The van der Waals surface area contributed by atoms with Crippen molar-refractivity contribution in [2.75, 3.05) is 5.32 Å². The summed E-state index contributed by atoms with van der Waals surface area (Å²) in [6.45, 7) is 2.09. The third-order valence-corrected chi connectivity index (χ3v) is 6.05. The van der Waals surface area contributed by atoms with E-state index in [9.17, 15) is 4.79 Å². The maximum atomic E-state index is 12.4. The predicted molar refractivity (Wildman–Crippen MR) is 124 cm³/mol. The topological polar surface area (TPSA) is 54.9 Å². The average Bonchev–Trinajstić information content (AvgIpc) is 3.19. The monoisotopic (exact) mass is 433 g/mol. The first-order valence-electron chi connectivity index (χ1n) is 9.68. The molecule has 1 N–H and O–H groups in total. The lowest BCUT2D eigenvalue weighted by molar-refractivity contribution is -0.115. The van der Waals surface area contributed by atoms with Crippen LogP contribution in [-0.2, 0) is 17.6 Å². The Morgan fingerprint density at radius 3 is 2.63 bits per heavy atom. The molecule has 0 unspecified atom stereocenters. The molecular weight excluding hydrogens is 414 g/mol. The van der Waals surface area contributed by atoms with Crippen molar-refractivity contribution >= 4 is 34.7 Å². The lowest BCUT2D eigenvalue weighted by Gasteiger charge is -2.07. The first kappa shape index (κ1) is 20.3. The van der Waals surface area contributed by atoms with E-state index in [0.717, 1.165) is 38.7 Å². The number of hydrogen-bond acceptors (Lipinski definition) is 4. The standard InChI is InChI=1S/C24H20ClN3OS/c1-2-22-28-23(17-9-6-10-19(25)14-17)24(30-22)18-11-12-26-20(15-18)27-21(29)13-16-7-4-3-5-8-16/h3-12,14-15H,2,13H2,1H3,(H,26,27,29). The molecule has 4 aromatic rings. The minimum atomic E-state index is -0.0977. The number of hydrogen-bond donors (Lipinski definition) is 1. The molecule has 0 atom stereocenters. The Balaban J connectivity index is 1.62. The van der Waals surface area contributed by atoms with E-state index in [0.29, 0.717) is 17.3 Å². The van der Waals surface area contributed by atoms with Crippen LogP contribution in [0.5, 0.6) is 0 Å². The number of nitrogens with zero attached hydrogens (tertiary/aromatic N) is 2. The molecule has 0 aliphatic rings. The number of aromatic nitrogens is 2. The molecular formula is C24H20ClN3OS. The summed E-state index contributed by atoms with van der Waals surface area (Å²) < 4.78 is 0. The Morgan fingerprint density at radius 2 is 1.87 bits per heavy atom. The van der Waals surface area contributed by atoms with E-state index in [2.05, 4.69) is 17.2 Å². The summed E-state index contributed by atoms with van der Waals surface area (Å²) in [6.07, 6.45) is 2.87. The fraction of sp³-hybridized carbons (Fsp3) is 0.125. The maximum Gasteiger partial charge on any atom is 0.229 e. The summed E-state index contributed by atoms with van der Waals surface area (Å²) >= 11 is 7.85. The molecule has 6 heteroatoms. The fourth-order valence-corrected chi connectivity index (χ4v) is 4.36. The van der Waals surface area contributed by atoms with E-state index in [1.807, 2.05) is 66.7 Å². The highest BCUT2D eigenvalue weighted by Gasteiger charge is 2.16. The summed E-state index contributed by atoms with van der Waals surface area (Å²) in [5.74, 6) is 0.427. The average molecular weight is 434 g/mol. The van der Waals surface area contributed by atoms with Gasteiger partial charge in [-0.1, -0.05) is 61.0 Å². The second-order valence-electron chi connectivity index (χ2n) is 6.79. The number of aryl methyl sites for hydroxylation is 1. The number of carbonyl (C=O) groups is 1. The van der Waals surface area contributed by atoms with Gasteiger partial charge in [-0.25, -0.2) is 9.97 Å². The van der Waals surface area contributed by atoms with Gasteiger partial charge in [0.1, 0.15) is 5.82 Å². The molecule has 0 aliphatic heterocycles. The Hall–Kier alpha value is -3.02. The van der Waals surface area contributed by atoms with Gasteiger partial charge in [0.05, 0.1) is 22.0 Å². The number of nitrogens with one attached hydrogen (secondary N) is 1. The summed E-state index contributed by atoms with van der Waals surface area (Å²) in [7, 11) is 0. The zero-order valence-electron chi connectivity index (χ0n) is 16.4. The number of benzene rings is 2. The smallest absolute Gasteiger partial charge is 0.229 e. The van der Waals surface area contributed by atoms with E-state index >= 15 is 0 Å². The van der Waals surface area contributed by atoms with Gasteiger partial charge in [-0.2, -0.15) is 0 Å². The molecule has 150 valence electrons. The van der Waals surface area contributed by atoms with Crippen molar-refractivity contribution in [3.63, 3.8) is 0 Å². The number of amides is 1. The maximum absolute atomic E-state index is 12.4. The molecule has 4 rings (SSSR count). The predicted octanol–water partition coefficient (Wildman–Crippen LogP) is 6.27. The summed E-state index contributed by atoms with van der Waals surface area (Å²) in [4.78, 5) is 22.6. The van der Waals surface area contributed by atoms with Gasteiger partial charge in [-0.05, 0) is 41.8 Å². The van der Waals surface area contributed by atoms with Crippen molar-refractivity contribution in [2.45, 2.75) is 19.8 Å². The lowest BCUT2D eigenvalue weighted by atomic mass is 10.1. The second-order valence-corrected chi connectivity index (χ2v) is 8.31. The molecule has 0 radical (unpaired) electrons. The summed E-state index contributed by atoms with van der Waals surface area (Å²) in [5, 5.41) is 4.62. The highest BCUT2D eigenvalue weighted by molar-refractivity contribution is 7.15. The molecule has 2 heterocycles. The van der Waals surface area contributed by atoms with Gasteiger partial charge >= 0.3 is 0 Å². The zero-order chi connectivity index (χ0) is 20.9. The van der Waals surface area contributed by atoms with Crippen LogP contribution in [0.1, 0.15) is 17.5 Å². The van der Waals surface area contributed by atoms with Crippen molar-refractivity contribution in [3.8, 4) is 21.7 Å². The fourth-order valence-electron chi connectivity index (χ4n) is 3.15. The Kier molecular flexibility index (Phi) is 6.21. The Morgan fingerprint density at radius 1 is 1.03 bits per heavy atom. The van der Waals surface area contributed by atoms with Crippen LogP contribution < -0.4 is 5.32 Å². The van der Waals surface area contributed by atoms with Gasteiger partial charge < -0.3 is 5.32 Å². The van der Waals surface area contributed by atoms with E-state index in [-0.39, 0.29) is 5.91 Å². The van der Waals surface area contributed by atoms with Crippen molar-refractivity contribution in [1.82, 2.24) is 9.97 Å². The van der Waals surface area contributed by atoms with Crippen molar-refractivity contribution in [1.29, 1.82) is 0 Å². The van der Waals surface area contributed by atoms with Gasteiger partial charge in [0.15, 0.2) is 0 Å². The van der Waals surface area contributed by atoms with Crippen LogP contribution >= 0.6 is 22.9 Å². The molecule has 0 saturated carbocycles. The van der Waals surface area contributed by atoms with Crippen LogP contribution in [0.2, 0.25) is 5.02 Å². The molecule has 4 nitrogen and oxygen atoms in total. The van der Waals surface area contributed by atoms with E-state index in [1.54, 1.807) is 17.5 Å². The minimum absolute atomic E-state index is 0.0977. The van der Waals surface area contributed by atoms with E-state index in [4.69, 9.17) is 16.6 Å². The van der Waals surface area contributed by atoms with Gasteiger partial charge in [-0.15, -0.1) is 11.3 Å². The van der Waals surface area contributed by atoms with Crippen LogP contribution in [0.25, 0.3) is 21.7 Å². The van der Waals surface area contributed by atoms with Crippen molar-refractivity contribution in [2.24, 2.45) is 0 Å². The molecule has 2 aromatic heterocycles. The lowest BCUT2D eigenvalue weighted by Crippen LogP contribution is -2.15. The number of rotatable bonds is 6. The van der Waals surface area contributed by atoms with Crippen LogP contribution in [0, 0.1) is 0 Å². The van der Waals surface area contributed by atoms with Crippen molar-refractivity contribution in [3.05, 3.63) is 88.5 Å². The number of pyridine rings is 1. The molecule has 0 aliphatic carbocycles. The SMILES string of the molecule is CCc1nc(-c2cccc(Cl)c2)c(-c2ccnc(NC(=O)Cc3ccccc3)c2)s1. The highest BCUT2D eigenvalue weighted by atomic mass is 35.5. The highest BCUT2D eigenvalue weighted by Crippen LogP contribution is 2.38. The molecule has 0 spiro atoms. The number of anilines is 1. The molecule has 0 bridgehead atoms. The van der Waals surface area contributed by atoms with E-state index < -0.39 is 0 Å². The molecule has 0 saturated heterocycles. The number of halogens is 1. The number of thiazole rings is 1. The third kappa shape index (κ3) is 4.75. The Bertz CT molecular complexity index is 1170.